The molecule has 0 unspecified atom stereocenters. The molecule has 0 fully saturated rings. The number of para-hydroxylation sites is 1. The minimum Gasteiger partial charge on any atom is -0.310 e. The van der Waals surface area contributed by atoms with Crippen molar-refractivity contribution in [1.29, 1.82) is 0 Å². The third-order valence-corrected chi connectivity index (χ3v) is 14.8. The number of benzene rings is 10. The number of aromatic nitrogens is 4. The Kier molecular flexibility index (Phi) is 9.76. The molecule has 0 N–H and O–H groups in total. The van der Waals surface area contributed by atoms with Gasteiger partial charge in [0.15, 0.2) is 11.6 Å². The second-order valence-electron chi connectivity index (χ2n) is 19.4. The monoisotopic (exact) mass is 934 g/mol. The zero-order valence-electron chi connectivity index (χ0n) is 40.3. The van der Waals surface area contributed by atoms with Crippen molar-refractivity contribution in [3.8, 4) is 67.4 Å². The zero-order valence-corrected chi connectivity index (χ0v) is 40.3. The van der Waals surface area contributed by atoms with Crippen molar-refractivity contribution in [3.63, 3.8) is 0 Å². The Balaban J connectivity index is 0.959. The quantitative estimate of drug-likeness (QED) is 0.148. The van der Waals surface area contributed by atoms with Crippen LogP contribution in [-0.4, -0.2) is 19.9 Å². The number of rotatable bonds is 7. The van der Waals surface area contributed by atoms with Crippen LogP contribution in [0.25, 0.3) is 89.1 Å². The first-order chi connectivity index (χ1) is 36.0. The molecule has 0 spiro atoms. The van der Waals surface area contributed by atoms with Gasteiger partial charge in [-0.2, -0.15) is 9.97 Å². The van der Waals surface area contributed by atoms with Crippen molar-refractivity contribution >= 4 is 56.1 Å². The van der Waals surface area contributed by atoms with E-state index in [0.29, 0.717) is 17.6 Å². The zero-order chi connectivity index (χ0) is 48.6. The highest BCUT2D eigenvalue weighted by molar-refractivity contribution is 6.21. The number of pyridine rings is 1. The van der Waals surface area contributed by atoms with Crippen molar-refractivity contribution in [2.75, 3.05) is 9.80 Å². The van der Waals surface area contributed by atoms with Crippen LogP contribution in [0, 0.1) is 0 Å². The summed E-state index contributed by atoms with van der Waals surface area (Å²) in [5.41, 5.74) is 19.3. The lowest BCUT2D eigenvalue weighted by Crippen LogP contribution is -2.30. The summed E-state index contributed by atoms with van der Waals surface area (Å²) < 4.78 is 0. The Morgan fingerprint density at radius 1 is 0.342 bits per heavy atom. The average molecular weight is 935 g/mol. The molecule has 0 bridgehead atoms. The molecule has 14 rings (SSSR count). The van der Waals surface area contributed by atoms with Gasteiger partial charge >= 0.3 is 0 Å². The predicted octanol–water partition coefficient (Wildman–Crippen LogP) is 17.5. The van der Waals surface area contributed by atoms with Crippen LogP contribution < -0.4 is 9.80 Å². The van der Waals surface area contributed by atoms with Crippen molar-refractivity contribution in [1.82, 2.24) is 19.9 Å². The van der Waals surface area contributed by atoms with E-state index in [4.69, 9.17) is 19.9 Å². The van der Waals surface area contributed by atoms with E-state index in [1.54, 1.807) is 0 Å². The first-order valence-electron chi connectivity index (χ1n) is 24.9. The highest BCUT2D eigenvalue weighted by Crippen LogP contribution is 2.56. The molecule has 10 aromatic carbocycles. The van der Waals surface area contributed by atoms with Gasteiger partial charge in [-0.15, -0.1) is 0 Å². The molecular formula is C67H46N6. The van der Waals surface area contributed by atoms with Crippen LogP contribution in [-0.2, 0) is 5.41 Å². The molecule has 2 aromatic heterocycles. The summed E-state index contributed by atoms with van der Waals surface area (Å²) in [4.78, 5) is 25.9. The van der Waals surface area contributed by atoms with E-state index in [-0.39, 0.29) is 5.41 Å². The average Bonchev–Trinajstić information content (AvgIpc) is 3.47. The molecule has 0 saturated heterocycles. The third-order valence-electron chi connectivity index (χ3n) is 14.8. The van der Waals surface area contributed by atoms with E-state index in [0.717, 1.165) is 72.2 Å². The molecule has 4 heterocycles. The molecule has 6 heteroatoms. The molecular weight excluding hydrogens is 889 g/mol. The number of hydrogen-bond acceptors (Lipinski definition) is 6. The normalized spacial score (nSPS) is 13.1. The van der Waals surface area contributed by atoms with Crippen molar-refractivity contribution in [3.05, 3.63) is 254 Å². The van der Waals surface area contributed by atoms with Crippen LogP contribution >= 0.6 is 0 Å². The highest BCUT2D eigenvalue weighted by Gasteiger charge is 2.38. The van der Waals surface area contributed by atoms with Crippen LogP contribution in [0.2, 0.25) is 0 Å². The maximum absolute atomic E-state index is 5.54. The van der Waals surface area contributed by atoms with E-state index in [1.165, 1.54) is 44.8 Å². The van der Waals surface area contributed by atoms with Gasteiger partial charge in [-0.25, -0.2) is 9.97 Å². The Bertz CT molecular complexity index is 3950. The van der Waals surface area contributed by atoms with Crippen molar-refractivity contribution in [2.24, 2.45) is 0 Å². The SMILES string of the molecule is CC1(C)c2cc(-c3ccccc3)ccc2N(c2ccc(-c3cccc4c3-c3nc5ccccc5c5cccc(c35)N4c3nc(-c4ccccc4)nc(-c4ccccc4)n3)cc2)c2ccc(-c3ccccc3)cc21. The fraction of sp³-hybridized carbons (Fsp3) is 0.0448. The summed E-state index contributed by atoms with van der Waals surface area (Å²) in [6, 6.07) is 86.3. The fourth-order valence-corrected chi connectivity index (χ4v) is 11.2. The van der Waals surface area contributed by atoms with Gasteiger partial charge in [-0.3, -0.25) is 4.90 Å². The summed E-state index contributed by atoms with van der Waals surface area (Å²) in [5, 5.41) is 3.27. The first-order valence-corrected chi connectivity index (χ1v) is 24.9. The van der Waals surface area contributed by atoms with Crippen LogP contribution in [0.5, 0.6) is 0 Å². The molecule has 0 aliphatic carbocycles. The lowest BCUT2D eigenvalue weighted by Gasteiger charge is -2.42. The van der Waals surface area contributed by atoms with Gasteiger partial charge in [0.05, 0.1) is 34.0 Å². The van der Waals surface area contributed by atoms with Gasteiger partial charge < -0.3 is 4.90 Å². The predicted molar refractivity (Wildman–Crippen MR) is 300 cm³/mol. The minimum absolute atomic E-state index is 0.289. The maximum atomic E-state index is 5.54. The molecule has 12 aromatic rings. The van der Waals surface area contributed by atoms with Crippen molar-refractivity contribution < 1.29 is 0 Å². The summed E-state index contributed by atoms with van der Waals surface area (Å²) >= 11 is 0. The number of hydrogen-bond donors (Lipinski definition) is 0. The molecule has 6 nitrogen and oxygen atoms in total. The standard InChI is InChI=1S/C67H46N6/c1-67(2)54-41-48(43-19-7-3-8-20-43)35-39-57(54)72(58-40-36-49(42-55(58)67)44-21-9-4-10-22-44)50-37-33-45(34-38-50)51-28-17-31-59-61(51)63-62-53(52-27-15-16-30-56(52)68-63)29-18-32-60(62)73(59)66-70-64(46-23-11-5-12-24-46)69-65(71-66)47-25-13-6-14-26-47/h3-42H,1-2H3. The Morgan fingerprint density at radius 3 is 1.42 bits per heavy atom. The lowest BCUT2D eigenvalue weighted by atomic mass is 9.72. The van der Waals surface area contributed by atoms with Crippen LogP contribution in [0.15, 0.2) is 243 Å². The highest BCUT2D eigenvalue weighted by atomic mass is 15.3. The molecule has 2 aliphatic heterocycles. The summed E-state index contributed by atoms with van der Waals surface area (Å²) in [6.07, 6.45) is 0. The lowest BCUT2D eigenvalue weighted by molar-refractivity contribution is 0.632. The van der Waals surface area contributed by atoms with Gasteiger partial charge in [-0.1, -0.05) is 202 Å². The van der Waals surface area contributed by atoms with Gasteiger partial charge in [-0.05, 0) is 104 Å². The van der Waals surface area contributed by atoms with Crippen molar-refractivity contribution in [2.45, 2.75) is 19.3 Å². The summed E-state index contributed by atoms with van der Waals surface area (Å²) in [6.45, 7) is 4.74. The van der Waals surface area contributed by atoms with Gasteiger partial charge in [0.25, 0.3) is 0 Å². The number of nitrogens with zero attached hydrogens (tertiary/aromatic N) is 6. The largest absolute Gasteiger partial charge is 0.310 e. The molecule has 0 atom stereocenters. The Hall–Kier alpha value is -9.52. The van der Waals surface area contributed by atoms with E-state index in [1.807, 2.05) is 36.4 Å². The maximum Gasteiger partial charge on any atom is 0.238 e. The molecule has 0 saturated carbocycles. The van der Waals surface area contributed by atoms with Gasteiger partial charge in [0, 0.05) is 38.6 Å². The van der Waals surface area contributed by atoms with Crippen LogP contribution in [0.3, 0.4) is 0 Å². The summed E-state index contributed by atoms with van der Waals surface area (Å²) in [5.74, 6) is 1.73. The fourth-order valence-electron chi connectivity index (χ4n) is 11.2. The van der Waals surface area contributed by atoms with Gasteiger partial charge in [0.2, 0.25) is 5.95 Å². The topological polar surface area (TPSA) is 58.0 Å². The summed E-state index contributed by atoms with van der Waals surface area (Å²) in [7, 11) is 0. The number of fused-ring (bicyclic) bond motifs is 6. The Morgan fingerprint density at radius 2 is 0.836 bits per heavy atom. The minimum atomic E-state index is -0.289. The second kappa shape index (κ2) is 16.8. The van der Waals surface area contributed by atoms with E-state index >= 15 is 0 Å². The number of anilines is 6. The first kappa shape index (κ1) is 42.4. The molecule has 73 heavy (non-hydrogen) atoms. The van der Waals surface area contributed by atoms with Crippen LogP contribution in [0.4, 0.5) is 34.4 Å². The van der Waals surface area contributed by atoms with E-state index in [2.05, 4.69) is 230 Å². The van der Waals surface area contributed by atoms with E-state index < -0.39 is 0 Å². The molecule has 344 valence electrons. The Labute approximate surface area is 424 Å². The van der Waals surface area contributed by atoms with Crippen LogP contribution in [0.1, 0.15) is 25.0 Å². The smallest absolute Gasteiger partial charge is 0.238 e. The molecule has 0 amide bonds. The second-order valence-corrected chi connectivity index (χ2v) is 19.4. The van der Waals surface area contributed by atoms with Gasteiger partial charge in [0.1, 0.15) is 0 Å². The molecule has 2 aliphatic rings. The third kappa shape index (κ3) is 6.94. The molecule has 0 radical (unpaired) electrons. The van der Waals surface area contributed by atoms with E-state index in [9.17, 15) is 0 Å².